The number of carbonyl (C=O) groups is 1. The van der Waals surface area contributed by atoms with Crippen LogP contribution in [0.25, 0.3) is 10.2 Å². The zero-order chi connectivity index (χ0) is 22.2. The lowest BCUT2D eigenvalue weighted by Gasteiger charge is -2.20. The Balaban J connectivity index is 1.60. The largest absolute Gasteiger partial charge is 0.298 e. The van der Waals surface area contributed by atoms with Gasteiger partial charge in [0.15, 0.2) is 5.13 Å². The molecule has 1 heterocycles. The van der Waals surface area contributed by atoms with Crippen molar-refractivity contribution >= 4 is 59.9 Å². The second-order valence-electron chi connectivity index (χ2n) is 6.57. The van der Waals surface area contributed by atoms with Crippen LogP contribution >= 0.6 is 22.9 Å². The van der Waals surface area contributed by atoms with Crippen molar-refractivity contribution in [1.82, 2.24) is 4.98 Å². The van der Waals surface area contributed by atoms with Crippen molar-refractivity contribution in [2.75, 3.05) is 16.7 Å². The molecule has 0 aliphatic heterocycles. The van der Waals surface area contributed by atoms with Gasteiger partial charge in [-0.05, 0) is 54.6 Å². The van der Waals surface area contributed by atoms with Gasteiger partial charge in [0.05, 0.1) is 20.8 Å². The summed E-state index contributed by atoms with van der Waals surface area (Å²) in [5.74, 6) is -0.919. The van der Waals surface area contributed by atoms with E-state index < -0.39 is 21.7 Å². The van der Waals surface area contributed by atoms with Crippen molar-refractivity contribution < 1.29 is 17.6 Å². The van der Waals surface area contributed by atoms with E-state index in [1.165, 1.54) is 55.6 Å². The molecule has 6 nitrogen and oxygen atoms in total. The average molecular weight is 476 g/mol. The van der Waals surface area contributed by atoms with E-state index >= 15 is 0 Å². The average Bonchev–Trinajstić information content (AvgIpc) is 3.14. The van der Waals surface area contributed by atoms with E-state index in [2.05, 4.69) is 10.3 Å². The van der Waals surface area contributed by atoms with E-state index in [1.807, 2.05) is 0 Å². The number of rotatable bonds is 5. The smallest absolute Gasteiger partial charge is 0.264 e. The highest BCUT2D eigenvalue weighted by Gasteiger charge is 2.23. The third kappa shape index (κ3) is 4.39. The molecule has 0 aliphatic carbocycles. The standard InChI is InChI=1S/C21H15ClFN3O3S2/c1-26(16-6-3-5-14(22)11-16)31(28,29)17-7-2-4-13(10-17)20(27)25-21-24-18-9-8-15(23)12-19(18)30-21/h2-12H,1H3,(H,24,25,27). The zero-order valence-corrected chi connectivity index (χ0v) is 18.4. The van der Waals surface area contributed by atoms with Gasteiger partial charge in [-0.3, -0.25) is 14.4 Å². The number of thiazole rings is 1. The number of nitrogens with zero attached hydrogens (tertiary/aromatic N) is 2. The fraction of sp³-hybridized carbons (Fsp3) is 0.0476. The fourth-order valence-corrected chi connectivity index (χ4v) is 5.19. The minimum Gasteiger partial charge on any atom is -0.298 e. The number of benzene rings is 3. The Morgan fingerprint density at radius 1 is 1.10 bits per heavy atom. The molecular weight excluding hydrogens is 461 g/mol. The molecule has 3 aromatic carbocycles. The van der Waals surface area contributed by atoms with Crippen LogP contribution in [-0.4, -0.2) is 26.4 Å². The first-order valence-electron chi connectivity index (χ1n) is 8.96. The first-order chi connectivity index (χ1) is 14.7. The van der Waals surface area contributed by atoms with E-state index in [4.69, 9.17) is 11.6 Å². The van der Waals surface area contributed by atoms with Gasteiger partial charge >= 0.3 is 0 Å². The van der Waals surface area contributed by atoms with Crippen molar-refractivity contribution in [1.29, 1.82) is 0 Å². The normalized spacial score (nSPS) is 11.5. The molecule has 0 bridgehead atoms. The number of halogens is 2. The molecule has 0 spiro atoms. The summed E-state index contributed by atoms with van der Waals surface area (Å²) in [5, 5.41) is 3.33. The summed E-state index contributed by atoms with van der Waals surface area (Å²) in [5.41, 5.74) is 1.09. The van der Waals surface area contributed by atoms with Gasteiger partial charge < -0.3 is 0 Å². The molecule has 4 rings (SSSR count). The Hall–Kier alpha value is -3.01. The van der Waals surface area contributed by atoms with Crippen molar-refractivity contribution in [2.45, 2.75) is 4.90 Å². The minimum atomic E-state index is -3.92. The summed E-state index contributed by atoms with van der Waals surface area (Å²) in [6.45, 7) is 0. The second kappa shape index (κ2) is 8.26. The molecule has 0 saturated carbocycles. The Morgan fingerprint density at radius 2 is 1.87 bits per heavy atom. The second-order valence-corrected chi connectivity index (χ2v) is 10.0. The molecule has 1 amide bonds. The maximum atomic E-state index is 13.4. The number of sulfonamides is 1. The number of amides is 1. The number of hydrogen-bond donors (Lipinski definition) is 1. The van der Waals surface area contributed by atoms with E-state index in [0.29, 0.717) is 20.9 Å². The van der Waals surface area contributed by atoms with E-state index in [1.54, 1.807) is 18.2 Å². The van der Waals surface area contributed by atoms with Crippen LogP contribution in [0.15, 0.2) is 71.6 Å². The molecule has 1 aromatic heterocycles. The molecule has 0 atom stereocenters. The quantitative estimate of drug-likeness (QED) is 0.432. The van der Waals surface area contributed by atoms with Gasteiger partial charge in [0.25, 0.3) is 15.9 Å². The number of nitrogens with one attached hydrogen (secondary N) is 1. The zero-order valence-electron chi connectivity index (χ0n) is 16.0. The monoisotopic (exact) mass is 475 g/mol. The highest BCUT2D eigenvalue weighted by molar-refractivity contribution is 7.92. The van der Waals surface area contributed by atoms with Crippen LogP contribution < -0.4 is 9.62 Å². The molecule has 0 radical (unpaired) electrons. The summed E-state index contributed by atoms with van der Waals surface area (Å²) in [4.78, 5) is 16.9. The SMILES string of the molecule is CN(c1cccc(Cl)c1)S(=O)(=O)c1cccc(C(=O)Nc2nc3ccc(F)cc3s2)c1. The Kier molecular flexibility index (Phi) is 5.65. The molecule has 0 unspecified atom stereocenters. The number of carbonyl (C=O) groups excluding carboxylic acids is 1. The van der Waals surface area contributed by atoms with E-state index in [0.717, 1.165) is 15.6 Å². The van der Waals surface area contributed by atoms with Gasteiger partial charge in [0, 0.05) is 17.6 Å². The van der Waals surface area contributed by atoms with Gasteiger partial charge in [0.2, 0.25) is 0 Å². The molecule has 158 valence electrons. The third-order valence-corrected chi connectivity index (χ3v) is 7.45. The molecule has 4 aromatic rings. The summed E-state index contributed by atoms with van der Waals surface area (Å²) in [6, 6.07) is 16.3. The van der Waals surface area contributed by atoms with Crippen LogP contribution in [0, 0.1) is 5.82 Å². The highest BCUT2D eigenvalue weighted by Crippen LogP contribution is 2.28. The third-order valence-electron chi connectivity index (χ3n) is 4.50. The van der Waals surface area contributed by atoms with Crippen LogP contribution in [0.4, 0.5) is 15.2 Å². The van der Waals surface area contributed by atoms with Crippen LogP contribution in [0.5, 0.6) is 0 Å². The summed E-state index contributed by atoms with van der Waals surface area (Å²) in [6.07, 6.45) is 0. The van der Waals surface area contributed by atoms with Crippen LogP contribution in [0.1, 0.15) is 10.4 Å². The number of anilines is 2. The van der Waals surface area contributed by atoms with Crippen molar-refractivity contribution in [3.8, 4) is 0 Å². The molecule has 10 heteroatoms. The van der Waals surface area contributed by atoms with Gasteiger partial charge in [0.1, 0.15) is 5.82 Å². The lowest BCUT2D eigenvalue weighted by Crippen LogP contribution is -2.26. The minimum absolute atomic E-state index is 0.0472. The number of aromatic nitrogens is 1. The number of fused-ring (bicyclic) bond motifs is 1. The van der Waals surface area contributed by atoms with Crippen LogP contribution in [-0.2, 0) is 10.0 Å². The molecule has 0 saturated heterocycles. The van der Waals surface area contributed by atoms with Gasteiger partial charge in [-0.2, -0.15) is 0 Å². The first kappa shape index (κ1) is 21.2. The summed E-state index contributed by atoms with van der Waals surface area (Å²) >= 11 is 7.09. The molecule has 1 N–H and O–H groups in total. The Labute approximate surface area is 187 Å². The van der Waals surface area contributed by atoms with Crippen molar-refractivity contribution in [2.24, 2.45) is 0 Å². The maximum absolute atomic E-state index is 13.4. The molecule has 0 fully saturated rings. The molecule has 0 aliphatic rings. The topological polar surface area (TPSA) is 79.4 Å². The fourth-order valence-electron chi connectivity index (χ4n) is 2.89. The highest BCUT2D eigenvalue weighted by atomic mass is 35.5. The first-order valence-corrected chi connectivity index (χ1v) is 11.6. The Bertz CT molecular complexity index is 1410. The number of hydrogen-bond acceptors (Lipinski definition) is 5. The Morgan fingerprint density at radius 3 is 2.65 bits per heavy atom. The van der Waals surface area contributed by atoms with Crippen molar-refractivity contribution in [3.63, 3.8) is 0 Å². The van der Waals surface area contributed by atoms with Crippen molar-refractivity contribution in [3.05, 3.63) is 83.1 Å². The summed E-state index contributed by atoms with van der Waals surface area (Å²) in [7, 11) is -2.51. The van der Waals surface area contributed by atoms with E-state index in [9.17, 15) is 17.6 Å². The predicted molar refractivity (Wildman–Crippen MR) is 121 cm³/mol. The van der Waals surface area contributed by atoms with Gasteiger partial charge in [-0.15, -0.1) is 0 Å². The van der Waals surface area contributed by atoms with Crippen LogP contribution in [0.3, 0.4) is 0 Å². The van der Waals surface area contributed by atoms with Gasteiger partial charge in [-0.25, -0.2) is 17.8 Å². The molecular formula is C21H15ClFN3O3S2. The predicted octanol–water partition coefficient (Wildman–Crippen LogP) is 5.17. The maximum Gasteiger partial charge on any atom is 0.264 e. The summed E-state index contributed by atoms with van der Waals surface area (Å²) < 4.78 is 41.1. The molecule has 31 heavy (non-hydrogen) atoms. The van der Waals surface area contributed by atoms with E-state index in [-0.39, 0.29) is 15.6 Å². The lowest BCUT2D eigenvalue weighted by atomic mass is 10.2. The lowest BCUT2D eigenvalue weighted by molar-refractivity contribution is 0.102. The van der Waals surface area contributed by atoms with Gasteiger partial charge in [-0.1, -0.05) is 35.1 Å². The van der Waals surface area contributed by atoms with Crippen LogP contribution in [0.2, 0.25) is 5.02 Å².